The van der Waals surface area contributed by atoms with Crippen LogP contribution in [-0.4, -0.2) is 5.84 Å². The minimum absolute atomic E-state index is 0.422. The molecule has 0 fully saturated rings. The zero-order valence-electron chi connectivity index (χ0n) is 13.3. The summed E-state index contributed by atoms with van der Waals surface area (Å²) in [4.78, 5) is 4.77. The van der Waals surface area contributed by atoms with Crippen molar-refractivity contribution in [2.45, 2.75) is 39.5 Å². The van der Waals surface area contributed by atoms with Gasteiger partial charge in [0.2, 0.25) is 0 Å². The van der Waals surface area contributed by atoms with Gasteiger partial charge in [0.1, 0.15) is 5.84 Å². The molecule has 0 saturated carbocycles. The third kappa shape index (κ3) is 3.52. The Labute approximate surface area is 127 Å². The Kier molecular flexibility index (Phi) is 4.79. The molecule has 21 heavy (non-hydrogen) atoms. The van der Waals surface area contributed by atoms with Crippen LogP contribution in [0.2, 0.25) is 0 Å². The molecule has 0 unspecified atom stereocenters. The van der Waals surface area contributed by atoms with E-state index >= 15 is 0 Å². The Bertz CT molecular complexity index is 599. The molecule has 2 aromatic carbocycles. The molecule has 2 N–H and O–H groups in total. The molecule has 0 radical (unpaired) electrons. The van der Waals surface area contributed by atoms with Crippen LogP contribution >= 0.6 is 0 Å². The predicted molar refractivity (Wildman–Crippen MR) is 91.4 cm³/mol. The van der Waals surface area contributed by atoms with E-state index in [-0.39, 0.29) is 0 Å². The molecule has 0 aliphatic rings. The highest BCUT2D eigenvalue weighted by Crippen LogP contribution is 2.34. The first-order valence-electron chi connectivity index (χ1n) is 7.53. The van der Waals surface area contributed by atoms with Crippen LogP contribution in [0.3, 0.4) is 0 Å². The fourth-order valence-corrected chi connectivity index (χ4v) is 2.43. The van der Waals surface area contributed by atoms with E-state index in [1.54, 1.807) is 0 Å². The zero-order chi connectivity index (χ0) is 15.4. The molecule has 0 heterocycles. The van der Waals surface area contributed by atoms with Crippen LogP contribution in [0.15, 0.2) is 53.5 Å². The molecule has 0 aromatic heterocycles. The second-order valence-electron chi connectivity index (χ2n) is 5.96. The molecule has 2 nitrogen and oxygen atoms in total. The van der Waals surface area contributed by atoms with Crippen LogP contribution in [0.5, 0.6) is 0 Å². The lowest BCUT2D eigenvalue weighted by Crippen LogP contribution is -2.13. The van der Waals surface area contributed by atoms with E-state index < -0.39 is 0 Å². The monoisotopic (exact) mass is 280 g/mol. The molecular weight excluding hydrogens is 256 g/mol. The van der Waals surface area contributed by atoms with E-state index in [1.807, 2.05) is 30.3 Å². The van der Waals surface area contributed by atoms with Gasteiger partial charge in [0.05, 0.1) is 5.69 Å². The third-order valence-electron chi connectivity index (χ3n) is 3.64. The van der Waals surface area contributed by atoms with Gasteiger partial charge in [-0.1, -0.05) is 76.2 Å². The Morgan fingerprint density at radius 3 is 1.81 bits per heavy atom. The van der Waals surface area contributed by atoms with Crippen LogP contribution in [0.25, 0.3) is 0 Å². The smallest absolute Gasteiger partial charge is 0.131 e. The lowest BCUT2D eigenvalue weighted by Gasteiger charge is -2.17. The lowest BCUT2D eigenvalue weighted by atomic mass is 9.93. The molecule has 2 aromatic rings. The summed E-state index contributed by atoms with van der Waals surface area (Å²) in [5.74, 6) is 1.42. The molecule has 0 atom stereocenters. The molecule has 110 valence electrons. The molecular formula is C19H24N2. The lowest BCUT2D eigenvalue weighted by molar-refractivity contribution is 0.834. The van der Waals surface area contributed by atoms with Gasteiger partial charge in [-0.3, -0.25) is 0 Å². The number of benzene rings is 2. The molecule has 2 heteroatoms. The highest BCUT2D eigenvalue weighted by Gasteiger charge is 2.13. The van der Waals surface area contributed by atoms with E-state index in [9.17, 15) is 0 Å². The van der Waals surface area contributed by atoms with Gasteiger partial charge >= 0.3 is 0 Å². The molecule has 0 bridgehead atoms. The fourth-order valence-electron chi connectivity index (χ4n) is 2.43. The Balaban J connectivity index is 2.56. The van der Waals surface area contributed by atoms with Crippen molar-refractivity contribution in [3.8, 4) is 0 Å². The first-order valence-corrected chi connectivity index (χ1v) is 7.53. The second-order valence-corrected chi connectivity index (χ2v) is 5.96. The predicted octanol–water partition coefficient (Wildman–Crippen LogP) is 4.97. The van der Waals surface area contributed by atoms with Crippen LogP contribution in [0, 0.1) is 0 Å². The number of nitrogens with two attached hydrogens (primary N) is 1. The van der Waals surface area contributed by atoms with Gasteiger partial charge < -0.3 is 5.73 Å². The van der Waals surface area contributed by atoms with Crippen LogP contribution in [0.4, 0.5) is 5.69 Å². The number of hydrogen-bond donors (Lipinski definition) is 1. The van der Waals surface area contributed by atoms with Crippen molar-refractivity contribution in [2.75, 3.05) is 0 Å². The van der Waals surface area contributed by atoms with E-state index in [0.29, 0.717) is 17.7 Å². The normalized spacial score (nSPS) is 12.2. The van der Waals surface area contributed by atoms with Crippen molar-refractivity contribution in [1.82, 2.24) is 0 Å². The first-order chi connectivity index (χ1) is 10.0. The summed E-state index contributed by atoms with van der Waals surface area (Å²) >= 11 is 0. The third-order valence-corrected chi connectivity index (χ3v) is 3.64. The van der Waals surface area contributed by atoms with Crippen molar-refractivity contribution >= 4 is 11.5 Å². The van der Waals surface area contributed by atoms with Crippen molar-refractivity contribution in [3.63, 3.8) is 0 Å². The maximum absolute atomic E-state index is 6.22. The second kappa shape index (κ2) is 6.57. The van der Waals surface area contributed by atoms with E-state index in [4.69, 9.17) is 10.7 Å². The van der Waals surface area contributed by atoms with Crippen LogP contribution < -0.4 is 5.73 Å². The van der Waals surface area contributed by atoms with E-state index in [1.165, 1.54) is 11.1 Å². The van der Waals surface area contributed by atoms with E-state index in [2.05, 4.69) is 45.9 Å². The maximum Gasteiger partial charge on any atom is 0.131 e. The fraction of sp³-hybridized carbons (Fsp3) is 0.316. The SMILES string of the molecule is CC(C)c1cccc(C(C)C)c1/N=C(/N)c1ccccc1. The number of amidine groups is 1. The van der Waals surface area contributed by atoms with Crippen molar-refractivity contribution in [3.05, 3.63) is 65.2 Å². The van der Waals surface area contributed by atoms with Crippen molar-refractivity contribution < 1.29 is 0 Å². The van der Waals surface area contributed by atoms with E-state index in [0.717, 1.165) is 11.3 Å². The number of para-hydroxylation sites is 1. The summed E-state index contributed by atoms with van der Waals surface area (Å²) in [5.41, 5.74) is 10.7. The summed E-state index contributed by atoms with van der Waals surface area (Å²) in [7, 11) is 0. The minimum Gasteiger partial charge on any atom is -0.383 e. The van der Waals surface area contributed by atoms with Crippen LogP contribution in [0.1, 0.15) is 56.2 Å². The first kappa shape index (κ1) is 15.3. The van der Waals surface area contributed by atoms with Gasteiger partial charge in [-0.05, 0) is 23.0 Å². The molecule has 2 rings (SSSR count). The van der Waals surface area contributed by atoms with Gasteiger partial charge in [0.25, 0.3) is 0 Å². The summed E-state index contributed by atoms with van der Waals surface area (Å²) in [5, 5.41) is 0. The van der Waals surface area contributed by atoms with Crippen LogP contribution in [-0.2, 0) is 0 Å². The van der Waals surface area contributed by atoms with Gasteiger partial charge in [0.15, 0.2) is 0 Å². The van der Waals surface area contributed by atoms with Crippen molar-refractivity contribution in [1.29, 1.82) is 0 Å². The van der Waals surface area contributed by atoms with Gasteiger partial charge in [-0.25, -0.2) is 4.99 Å². The van der Waals surface area contributed by atoms with Gasteiger partial charge in [-0.2, -0.15) is 0 Å². The molecule has 0 amide bonds. The minimum atomic E-state index is 0.422. The molecule has 0 aliphatic carbocycles. The summed E-state index contributed by atoms with van der Waals surface area (Å²) < 4.78 is 0. The average Bonchev–Trinajstić information content (AvgIpc) is 2.47. The number of hydrogen-bond acceptors (Lipinski definition) is 1. The quantitative estimate of drug-likeness (QED) is 0.623. The van der Waals surface area contributed by atoms with Crippen molar-refractivity contribution in [2.24, 2.45) is 10.7 Å². The molecule has 0 spiro atoms. The summed E-state index contributed by atoms with van der Waals surface area (Å²) in [6, 6.07) is 16.3. The number of nitrogens with zero attached hydrogens (tertiary/aromatic N) is 1. The molecule has 0 aliphatic heterocycles. The summed E-state index contributed by atoms with van der Waals surface area (Å²) in [6.07, 6.45) is 0. The number of aliphatic imine (C=N–C) groups is 1. The summed E-state index contributed by atoms with van der Waals surface area (Å²) in [6.45, 7) is 8.77. The Morgan fingerprint density at radius 1 is 0.810 bits per heavy atom. The number of rotatable bonds is 4. The maximum atomic E-state index is 6.22. The average molecular weight is 280 g/mol. The van der Waals surface area contributed by atoms with Gasteiger partial charge in [-0.15, -0.1) is 0 Å². The standard InChI is InChI=1S/C19H24N2/c1-13(2)16-11-8-12-17(14(3)4)18(16)21-19(20)15-9-6-5-7-10-15/h5-14H,1-4H3,(H2,20,21). The highest BCUT2D eigenvalue weighted by atomic mass is 14.9. The zero-order valence-corrected chi connectivity index (χ0v) is 13.3. The Morgan fingerprint density at radius 2 is 1.33 bits per heavy atom. The highest BCUT2D eigenvalue weighted by molar-refractivity contribution is 5.99. The topological polar surface area (TPSA) is 38.4 Å². The largest absolute Gasteiger partial charge is 0.383 e. The van der Waals surface area contributed by atoms with Gasteiger partial charge in [0, 0.05) is 5.56 Å². The Hall–Kier alpha value is -2.09. The molecule has 0 saturated heterocycles.